The molecule has 0 fully saturated rings. The smallest absolute Gasteiger partial charge is 0.0355 e. The maximum Gasteiger partial charge on any atom is 0.0355 e. The number of allylic oxidation sites excluding steroid dienone is 11. The summed E-state index contributed by atoms with van der Waals surface area (Å²) in [5, 5.41) is 7.79. The SMILES string of the molecule is C=C/C=C(\C=C/CC=CCc1cc(CCC2=CCC(C)C=C2)cc(C(C)(C)C)c1)C(C)=N. The van der Waals surface area contributed by atoms with E-state index in [1.54, 1.807) is 13.0 Å². The van der Waals surface area contributed by atoms with Crippen molar-refractivity contribution in [1.82, 2.24) is 0 Å². The van der Waals surface area contributed by atoms with Crippen molar-refractivity contribution in [3.05, 3.63) is 107 Å². The van der Waals surface area contributed by atoms with Crippen molar-refractivity contribution in [2.75, 3.05) is 0 Å². The van der Waals surface area contributed by atoms with Crippen LogP contribution in [0, 0.1) is 11.3 Å². The molecule has 32 heavy (non-hydrogen) atoms. The highest BCUT2D eigenvalue weighted by atomic mass is 14.4. The first-order chi connectivity index (χ1) is 15.2. The number of benzene rings is 1. The Kier molecular flexibility index (Phi) is 9.91. The fraction of sp³-hybridized carbons (Fsp3) is 0.387. The monoisotopic (exact) mass is 427 g/mol. The molecule has 0 aliphatic heterocycles. The largest absolute Gasteiger partial charge is 0.305 e. The Morgan fingerprint density at radius 2 is 1.84 bits per heavy atom. The summed E-state index contributed by atoms with van der Waals surface area (Å²) in [6.07, 6.45) is 24.4. The quantitative estimate of drug-likeness (QED) is 0.219. The minimum atomic E-state index is 0.148. The van der Waals surface area contributed by atoms with E-state index in [2.05, 4.69) is 88.9 Å². The third-order valence-electron chi connectivity index (χ3n) is 5.83. The molecule has 0 spiro atoms. The molecule has 0 amide bonds. The van der Waals surface area contributed by atoms with Crippen LogP contribution in [-0.2, 0) is 18.3 Å². The van der Waals surface area contributed by atoms with Crippen LogP contribution in [0.15, 0.2) is 90.6 Å². The molecule has 0 saturated carbocycles. The van der Waals surface area contributed by atoms with E-state index >= 15 is 0 Å². The maximum atomic E-state index is 7.79. The van der Waals surface area contributed by atoms with Gasteiger partial charge >= 0.3 is 0 Å². The summed E-state index contributed by atoms with van der Waals surface area (Å²) in [6, 6.07) is 7.15. The summed E-state index contributed by atoms with van der Waals surface area (Å²) in [6.45, 7) is 14.7. The van der Waals surface area contributed by atoms with Gasteiger partial charge in [0.2, 0.25) is 0 Å². The zero-order valence-electron chi connectivity index (χ0n) is 20.7. The van der Waals surface area contributed by atoms with E-state index in [9.17, 15) is 0 Å². The van der Waals surface area contributed by atoms with Crippen LogP contribution in [0.25, 0.3) is 0 Å². The molecule has 1 aromatic carbocycles. The molecular weight excluding hydrogens is 386 g/mol. The normalized spacial score (nSPS) is 17.2. The van der Waals surface area contributed by atoms with Gasteiger partial charge in [0.1, 0.15) is 0 Å². The number of hydrogen-bond acceptors (Lipinski definition) is 1. The fourth-order valence-corrected chi connectivity index (χ4v) is 3.73. The minimum Gasteiger partial charge on any atom is -0.305 e. The molecule has 1 atom stereocenters. The molecule has 0 aromatic heterocycles. The zero-order chi connectivity index (χ0) is 23.6. The van der Waals surface area contributed by atoms with Crippen LogP contribution in [0.1, 0.15) is 70.6 Å². The molecule has 0 radical (unpaired) electrons. The molecule has 1 N–H and O–H groups in total. The van der Waals surface area contributed by atoms with Crippen molar-refractivity contribution in [3.8, 4) is 0 Å². The summed E-state index contributed by atoms with van der Waals surface area (Å²) >= 11 is 0. The average molecular weight is 428 g/mol. The standard InChI is InChI=1S/C31H41N/c1-7-12-29(25(3)32)14-11-9-8-10-13-27-21-28(23-30(22-27)31(4,5)6)20-19-26-17-15-24(2)16-18-26/h7-8,10-12,14-15,17-18,21-24,32H,1,9,13,16,19-20H2,2-6H3/b10-8?,14-11-,29-12+,32-25?. The highest BCUT2D eigenvalue weighted by Crippen LogP contribution is 2.27. The number of hydrogen-bond donors (Lipinski definition) is 1. The van der Waals surface area contributed by atoms with Gasteiger partial charge in [-0.2, -0.15) is 0 Å². The highest BCUT2D eigenvalue weighted by Gasteiger charge is 2.15. The van der Waals surface area contributed by atoms with Gasteiger partial charge in [0.25, 0.3) is 0 Å². The van der Waals surface area contributed by atoms with Crippen LogP contribution >= 0.6 is 0 Å². The lowest BCUT2D eigenvalue weighted by Gasteiger charge is -2.21. The van der Waals surface area contributed by atoms with E-state index in [1.807, 2.05) is 12.2 Å². The Hall–Kier alpha value is -2.67. The van der Waals surface area contributed by atoms with Gasteiger partial charge in [-0.1, -0.05) is 113 Å². The topological polar surface area (TPSA) is 23.9 Å². The Labute approximate surface area is 196 Å². The van der Waals surface area contributed by atoms with Crippen molar-refractivity contribution in [2.45, 2.75) is 72.1 Å². The first kappa shape index (κ1) is 25.6. The van der Waals surface area contributed by atoms with Gasteiger partial charge in [-0.15, -0.1) is 0 Å². The van der Waals surface area contributed by atoms with Gasteiger partial charge in [-0.3, -0.25) is 0 Å². The van der Waals surface area contributed by atoms with E-state index in [0.717, 1.165) is 31.3 Å². The van der Waals surface area contributed by atoms with Crippen molar-refractivity contribution >= 4 is 5.71 Å². The van der Waals surface area contributed by atoms with Crippen LogP contribution in [0.5, 0.6) is 0 Å². The maximum absolute atomic E-state index is 7.79. The Morgan fingerprint density at radius 1 is 1.09 bits per heavy atom. The third-order valence-corrected chi connectivity index (χ3v) is 5.83. The van der Waals surface area contributed by atoms with Crippen molar-refractivity contribution in [2.24, 2.45) is 5.92 Å². The van der Waals surface area contributed by atoms with E-state index in [0.29, 0.717) is 11.6 Å². The number of rotatable bonds is 10. The van der Waals surface area contributed by atoms with Gasteiger partial charge in [0, 0.05) is 5.71 Å². The second kappa shape index (κ2) is 12.4. The van der Waals surface area contributed by atoms with Crippen molar-refractivity contribution in [1.29, 1.82) is 5.41 Å². The summed E-state index contributed by atoms with van der Waals surface area (Å²) in [7, 11) is 0. The first-order valence-electron chi connectivity index (χ1n) is 11.9. The first-order valence-corrected chi connectivity index (χ1v) is 11.9. The molecule has 1 aromatic rings. The molecule has 0 bridgehead atoms. The van der Waals surface area contributed by atoms with Crippen molar-refractivity contribution in [3.63, 3.8) is 0 Å². The zero-order valence-corrected chi connectivity index (χ0v) is 20.7. The lowest BCUT2D eigenvalue weighted by atomic mass is 9.84. The van der Waals surface area contributed by atoms with Gasteiger partial charge in [-0.05, 0) is 72.6 Å². The van der Waals surface area contributed by atoms with Crippen LogP contribution in [0.2, 0.25) is 0 Å². The fourth-order valence-electron chi connectivity index (χ4n) is 3.73. The van der Waals surface area contributed by atoms with E-state index in [1.165, 1.54) is 28.7 Å². The predicted octanol–water partition coefficient (Wildman–Crippen LogP) is 8.64. The Bertz CT molecular complexity index is 941. The second-order valence-electron chi connectivity index (χ2n) is 9.94. The molecule has 1 nitrogen and oxygen atoms in total. The average Bonchev–Trinajstić information content (AvgIpc) is 2.74. The lowest BCUT2D eigenvalue weighted by molar-refractivity contribution is 0.588. The van der Waals surface area contributed by atoms with Crippen molar-refractivity contribution < 1.29 is 0 Å². The molecule has 1 aliphatic rings. The van der Waals surface area contributed by atoms with Crippen LogP contribution in [0.4, 0.5) is 0 Å². The Balaban J connectivity index is 2.03. The van der Waals surface area contributed by atoms with Gasteiger partial charge in [0.05, 0.1) is 0 Å². The molecule has 170 valence electrons. The molecule has 1 aliphatic carbocycles. The van der Waals surface area contributed by atoms with E-state index in [-0.39, 0.29) is 5.41 Å². The van der Waals surface area contributed by atoms with Crippen LogP contribution in [0.3, 0.4) is 0 Å². The highest BCUT2D eigenvalue weighted by molar-refractivity contribution is 5.98. The molecule has 0 saturated heterocycles. The number of nitrogens with one attached hydrogen (secondary N) is 1. The van der Waals surface area contributed by atoms with E-state index in [4.69, 9.17) is 5.41 Å². The summed E-state index contributed by atoms with van der Waals surface area (Å²) < 4.78 is 0. The molecule has 1 unspecified atom stereocenters. The molecule has 0 heterocycles. The van der Waals surface area contributed by atoms with Gasteiger partial charge in [0.15, 0.2) is 0 Å². The second-order valence-corrected chi connectivity index (χ2v) is 9.94. The minimum absolute atomic E-state index is 0.148. The molecule has 1 heteroatoms. The summed E-state index contributed by atoms with van der Waals surface area (Å²) in [5.41, 5.74) is 7.34. The lowest BCUT2D eigenvalue weighted by Crippen LogP contribution is -2.12. The molecule has 2 rings (SSSR count). The number of aryl methyl sites for hydroxylation is 1. The summed E-state index contributed by atoms with van der Waals surface area (Å²) in [5.74, 6) is 0.676. The predicted molar refractivity (Wildman–Crippen MR) is 143 cm³/mol. The van der Waals surface area contributed by atoms with Crippen LogP contribution in [-0.4, -0.2) is 5.71 Å². The summed E-state index contributed by atoms with van der Waals surface area (Å²) in [4.78, 5) is 0. The Morgan fingerprint density at radius 3 is 2.47 bits per heavy atom. The van der Waals surface area contributed by atoms with Gasteiger partial charge < -0.3 is 5.41 Å². The van der Waals surface area contributed by atoms with Gasteiger partial charge in [-0.25, -0.2) is 0 Å². The molecular formula is C31H41N. The van der Waals surface area contributed by atoms with E-state index < -0.39 is 0 Å². The third kappa shape index (κ3) is 8.83. The van der Waals surface area contributed by atoms with Crippen LogP contribution < -0.4 is 0 Å².